The summed E-state index contributed by atoms with van der Waals surface area (Å²) >= 11 is 0. The number of piperidine rings is 2. The molecule has 0 spiro atoms. The molecule has 4 aliphatic rings. The van der Waals surface area contributed by atoms with Gasteiger partial charge < -0.3 is 20.1 Å². The molecule has 2 aliphatic heterocycles. The molecule has 2 N–H and O–H groups in total. The first kappa shape index (κ1) is 33.5. The van der Waals surface area contributed by atoms with Crippen LogP contribution in [0, 0.1) is 17.8 Å². The lowest BCUT2D eigenvalue weighted by Crippen LogP contribution is -2.59. The Balaban J connectivity index is 1.07. The smallest absolute Gasteiger partial charge is 0.339 e. The molecule has 0 bridgehead atoms. The summed E-state index contributed by atoms with van der Waals surface area (Å²) in [6, 6.07) is 12.7. The van der Waals surface area contributed by atoms with Crippen LogP contribution in [0.1, 0.15) is 141 Å². The molecule has 2 saturated carbocycles. The molecule has 2 aromatic carbocycles. The van der Waals surface area contributed by atoms with Crippen molar-refractivity contribution in [3.63, 3.8) is 0 Å². The lowest BCUT2D eigenvalue weighted by Gasteiger charge is -2.46. The minimum absolute atomic E-state index is 0.00802. The van der Waals surface area contributed by atoms with E-state index in [1.54, 1.807) is 0 Å². The van der Waals surface area contributed by atoms with Gasteiger partial charge in [0.2, 0.25) is 0 Å². The summed E-state index contributed by atoms with van der Waals surface area (Å²) in [4.78, 5) is 26.8. The van der Waals surface area contributed by atoms with Crippen LogP contribution in [0.15, 0.2) is 36.4 Å². The Morgan fingerprint density at radius 3 is 1.87 bits per heavy atom. The van der Waals surface area contributed by atoms with Crippen LogP contribution in [0.5, 0.6) is 0 Å². The molecule has 6 rings (SSSR count). The maximum atomic E-state index is 13.5. The van der Waals surface area contributed by atoms with E-state index >= 15 is 0 Å². The number of nitrogens with one attached hydrogen (secondary N) is 2. The second-order valence-corrected chi connectivity index (χ2v) is 18.0. The maximum Gasteiger partial charge on any atom is 0.339 e. The highest BCUT2D eigenvalue weighted by atomic mass is 16.5. The maximum absolute atomic E-state index is 13.5. The molecule has 6 heteroatoms. The molecule has 252 valence electrons. The highest BCUT2D eigenvalue weighted by Gasteiger charge is 2.43. The molecule has 0 amide bonds. The topological polar surface area (TPSA) is 76.7 Å². The SMILES string of the molecule is CC1(C)CC(OC(=O)c2cccc3cc(C4CCC5CC(C(=O)OC6CC(C)(C)NC(C)(C)C6)CCC5C4)ccc23)CC(C)(C)N1. The first-order chi connectivity index (χ1) is 21.5. The fourth-order valence-electron chi connectivity index (χ4n) is 10.2. The van der Waals surface area contributed by atoms with Crippen molar-refractivity contribution in [1.29, 1.82) is 0 Å². The van der Waals surface area contributed by atoms with Crippen LogP contribution in [0.4, 0.5) is 0 Å². The third-order valence-corrected chi connectivity index (χ3v) is 11.4. The van der Waals surface area contributed by atoms with Crippen molar-refractivity contribution in [2.24, 2.45) is 17.8 Å². The first-order valence-corrected chi connectivity index (χ1v) is 18.0. The van der Waals surface area contributed by atoms with Crippen LogP contribution in [-0.2, 0) is 14.3 Å². The van der Waals surface area contributed by atoms with Crippen molar-refractivity contribution in [3.8, 4) is 0 Å². The van der Waals surface area contributed by atoms with Gasteiger partial charge in [0.25, 0.3) is 0 Å². The van der Waals surface area contributed by atoms with Gasteiger partial charge in [-0.15, -0.1) is 0 Å². The highest BCUT2D eigenvalue weighted by molar-refractivity contribution is 6.04. The van der Waals surface area contributed by atoms with Crippen molar-refractivity contribution in [2.45, 2.75) is 160 Å². The number of carbonyl (C=O) groups excluding carboxylic acids is 2. The zero-order valence-electron chi connectivity index (χ0n) is 29.6. The summed E-state index contributed by atoms with van der Waals surface area (Å²) in [6.45, 7) is 17.5. The Morgan fingerprint density at radius 1 is 0.674 bits per heavy atom. The second-order valence-electron chi connectivity index (χ2n) is 18.0. The van der Waals surface area contributed by atoms with Gasteiger partial charge in [0.05, 0.1) is 11.5 Å². The lowest BCUT2D eigenvalue weighted by molar-refractivity contribution is -0.160. The van der Waals surface area contributed by atoms with Crippen LogP contribution in [-0.4, -0.2) is 46.3 Å². The van der Waals surface area contributed by atoms with Gasteiger partial charge in [-0.1, -0.05) is 30.3 Å². The summed E-state index contributed by atoms with van der Waals surface area (Å²) in [5, 5.41) is 9.44. The highest BCUT2D eigenvalue weighted by Crippen LogP contribution is 2.48. The van der Waals surface area contributed by atoms with E-state index in [-0.39, 0.29) is 52.2 Å². The van der Waals surface area contributed by atoms with E-state index in [0.29, 0.717) is 23.3 Å². The molecule has 0 radical (unpaired) electrons. The van der Waals surface area contributed by atoms with E-state index in [4.69, 9.17) is 9.47 Å². The number of esters is 2. The van der Waals surface area contributed by atoms with Crippen LogP contribution < -0.4 is 10.6 Å². The van der Waals surface area contributed by atoms with Gasteiger partial charge in [0.1, 0.15) is 12.2 Å². The molecule has 4 unspecified atom stereocenters. The van der Waals surface area contributed by atoms with Gasteiger partial charge in [0, 0.05) is 47.8 Å². The number of hydrogen-bond acceptors (Lipinski definition) is 6. The molecule has 4 fully saturated rings. The normalized spacial score (nSPS) is 30.7. The number of fused-ring (bicyclic) bond motifs is 2. The zero-order valence-corrected chi connectivity index (χ0v) is 29.6. The summed E-state index contributed by atoms with van der Waals surface area (Å²) in [5.41, 5.74) is 1.81. The van der Waals surface area contributed by atoms with Crippen molar-refractivity contribution in [2.75, 3.05) is 0 Å². The van der Waals surface area contributed by atoms with E-state index in [2.05, 4.69) is 90.3 Å². The van der Waals surface area contributed by atoms with Gasteiger partial charge in [-0.25, -0.2) is 4.79 Å². The summed E-state index contributed by atoms with van der Waals surface area (Å²) in [5.74, 6) is 1.64. The second kappa shape index (κ2) is 12.2. The third kappa shape index (κ3) is 7.65. The summed E-state index contributed by atoms with van der Waals surface area (Å²) in [6.07, 6.45) is 9.74. The molecule has 46 heavy (non-hydrogen) atoms. The van der Waals surface area contributed by atoms with E-state index in [9.17, 15) is 9.59 Å². The van der Waals surface area contributed by atoms with Gasteiger partial charge >= 0.3 is 11.9 Å². The predicted molar refractivity (Wildman–Crippen MR) is 185 cm³/mol. The van der Waals surface area contributed by atoms with Crippen molar-refractivity contribution in [1.82, 2.24) is 10.6 Å². The predicted octanol–water partition coefficient (Wildman–Crippen LogP) is 8.46. The average Bonchev–Trinajstić information content (AvgIpc) is 2.92. The lowest BCUT2D eigenvalue weighted by atomic mass is 9.64. The standard InChI is InChI=1S/C40H58N2O4/c1-37(2)21-31(22-38(3,4)41-37)45-35(43)30-15-14-26-18-25(12-13-27(26)20-30)28-16-17-33-29(19-28)10-9-11-34(33)36(44)46-32-23-39(5,6)42-40(7,8)24-32/h9-11,16-17,19,25-27,30-32,41-42H,12-15,18,20-24H2,1-8H3. The van der Waals surface area contributed by atoms with Gasteiger partial charge in [-0.2, -0.15) is 0 Å². The number of hydrogen-bond donors (Lipinski definition) is 2. The van der Waals surface area contributed by atoms with E-state index in [1.165, 1.54) is 18.4 Å². The molecular weight excluding hydrogens is 572 g/mol. The van der Waals surface area contributed by atoms with Crippen molar-refractivity contribution in [3.05, 3.63) is 47.5 Å². The Hall–Kier alpha value is -2.44. The number of carbonyl (C=O) groups is 2. The fourth-order valence-corrected chi connectivity index (χ4v) is 10.2. The fraction of sp³-hybridized carbons (Fsp3) is 0.700. The molecule has 2 heterocycles. The zero-order chi connectivity index (χ0) is 33.1. The monoisotopic (exact) mass is 630 g/mol. The Kier molecular flexibility index (Phi) is 8.89. The van der Waals surface area contributed by atoms with Gasteiger partial charge in [-0.3, -0.25) is 4.79 Å². The minimum atomic E-state index is -0.222. The van der Waals surface area contributed by atoms with Crippen molar-refractivity contribution < 1.29 is 19.1 Å². The largest absolute Gasteiger partial charge is 0.462 e. The minimum Gasteiger partial charge on any atom is -0.462 e. The number of ether oxygens (including phenoxy) is 2. The van der Waals surface area contributed by atoms with Gasteiger partial charge in [0.15, 0.2) is 0 Å². The van der Waals surface area contributed by atoms with Crippen molar-refractivity contribution >= 4 is 22.7 Å². The van der Waals surface area contributed by atoms with E-state index in [0.717, 1.165) is 62.1 Å². The van der Waals surface area contributed by atoms with Crippen LogP contribution in [0.2, 0.25) is 0 Å². The van der Waals surface area contributed by atoms with Gasteiger partial charge in [-0.05, 0) is 134 Å². The number of benzene rings is 2. The number of rotatable bonds is 5. The molecule has 2 aliphatic carbocycles. The Morgan fingerprint density at radius 2 is 1.24 bits per heavy atom. The summed E-state index contributed by atoms with van der Waals surface area (Å²) < 4.78 is 12.3. The van der Waals surface area contributed by atoms with E-state index in [1.807, 2.05) is 12.1 Å². The quantitative estimate of drug-likeness (QED) is 0.323. The Bertz CT molecular complexity index is 1430. The first-order valence-electron chi connectivity index (χ1n) is 18.0. The Labute approximate surface area is 277 Å². The third-order valence-electron chi connectivity index (χ3n) is 11.4. The summed E-state index contributed by atoms with van der Waals surface area (Å²) in [7, 11) is 0. The van der Waals surface area contributed by atoms with Crippen LogP contribution in [0.3, 0.4) is 0 Å². The average molecular weight is 631 g/mol. The van der Waals surface area contributed by atoms with Crippen LogP contribution >= 0.6 is 0 Å². The molecule has 6 nitrogen and oxygen atoms in total. The molecule has 4 atom stereocenters. The molecular formula is C40H58N2O4. The van der Waals surface area contributed by atoms with Crippen LogP contribution in [0.25, 0.3) is 10.8 Å². The van der Waals surface area contributed by atoms with E-state index < -0.39 is 0 Å². The molecule has 0 aromatic heterocycles. The molecule has 2 saturated heterocycles. The molecule has 2 aromatic rings.